The second kappa shape index (κ2) is 7.46. The topological polar surface area (TPSA) is 21.3 Å². The lowest BCUT2D eigenvalue weighted by Crippen LogP contribution is -2.23. The van der Waals surface area contributed by atoms with Crippen molar-refractivity contribution in [1.29, 1.82) is 0 Å². The number of ether oxygens (including phenoxy) is 1. The fraction of sp³-hybridized carbons (Fsp3) is 0.294. The van der Waals surface area contributed by atoms with Crippen LogP contribution < -0.4 is 10.1 Å². The lowest BCUT2D eigenvalue weighted by molar-refractivity contribution is 0.305. The largest absolute Gasteiger partial charge is 0.489 e. The van der Waals surface area contributed by atoms with Crippen LogP contribution in [-0.4, -0.2) is 13.1 Å². The summed E-state index contributed by atoms with van der Waals surface area (Å²) in [4.78, 5) is 0. The lowest BCUT2D eigenvalue weighted by atomic mass is 10.1. The van der Waals surface area contributed by atoms with Crippen molar-refractivity contribution in [3.05, 3.63) is 64.1 Å². The zero-order chi connectivity index (χ0) is 14.4. The molecule has 0 aliphatic rings. The van der Waals surface area contributed by atoms with Gasteiger partial charge in [0.15, 0.2) is 0 Å². The van der Waals surface area contributed by atoms with Gasteiger partial charge in [-0.25, -0.2) is 0 Å². The van der Waals surface area contributed by atoms with E-state index in [0.29, 0.717) is 12.6 Å². The summed E-state index contributed by atoms with van der Waals surface area (Å²) in [6, 6.07) is 16.9. The van der Waals surface area contributed by atoms with Gasteiger partial charge in [-0.1, -0.05) is 46.3 Å². The molecular formula is C17H20BrNO. The van der Waals surface area contributed by atoms with E-state index in [1.165, 1.54) is 5.56 Å². The molecule has 0 saturated carbocycles. The summed E-state index contributed by atoms with van der Waals surface area (Å²) in [7, 11) is 1.99. The number of rotatable bonds is 6. The minimum Gasteiger partial charge on any atom is -0.489 e. The van der Waals surface area contributed by atoms with E-state index in [1.54, 1.807) is 0 Å². The SMILES string of the molecule is CNC(C)Cc1ccc(OCc2ccccc2Br)cc1. The molecular weight excluding hydrogens is 314 g/mol. The molecule has 1 atom stereocenters. The molecule has 3 heteroatoms. The summed E-state index contributed by atoms with van der Waals surface area (Å²) < 4.78 is 6.90. The molecule has 106 valence electrons. The van der Waals surface area contributed by atoms with Gasteiger partial charge in [0, 0.05) is 16.1 Å². The van der Waals surface area contributed by atoms with Crippen LogP contribution >= 0.6 is 15.9 Å². The van der Waals surface area contributed by atoms with Crippen LogP contribution in [0.1, 0.15) is 18.1 Å². The minimum absolute atomic E-state index is 0.488. The van der Waals surface area contributed by atoms with E-state index in [9.17, 15) is 0 Å². The minimum atomic E-state index is 0.488. The van der Waals surface area contributed by atoms with Crippen LogP contribution in [0.15, 0.2) is 53.0 Å². The highest BCUT2D eigenvalue weighted by molar-refractivity contribution is 9.10. The standard InChI is InChI=1S/C17H20BrNO/c1-13(19-2)11-14-7-9-16(10-8-14)20-12-15-5-3-4-6-17(15)18/h3-10,13,19H,11-12H2,1-2H3. The molecule has 0 amide bonds. The van der Waals surface area contributed by atoms with Crippen molar-refractivity contribution in [2.45, 2.75) is 26.0 Å². The van der Waals surface area contributed by atoms with Crippen LogP contribution in [0, 0.1) is 0 Å². The summed E-state index contributed by atoms with van der Waals surface area (Å²) in [6.45, 7) is 2.75. The van der Waals surface area contributed by atoms with Gasteiger partial charge in [-0.3, -0.25) is 0 Å². The van der Waals surface area contributed by atoms with Crippen LogP contribution in [0.4, 0.5) is 0 Å². The van der Waals surface area contributed by atoms with Crippen molar-refractivity contribution in [3.8, 4) is 5.75 Å². The van der Waals surface area contributed by atoms with Gasteiger partial charge in [0.2, 0.25) is 0 Å². The van der Waals surface area contributed by atoms with Crippen molar-refractivity contribution in [2.24, 2.45) is 0 Å². The lowest BCUT2D eigenvalue weighted by Gasteiger charge is -2.11. The average molecular weight is 334 g/mol. The first kappa shape index (κ1) is 15.1. The van der Waals surface area contributed by atoms with Gasteiger partial charge >= 0.3 is 0 Å². The predicted octanol–water partition coefficient (Wildman–Crippen LogP) is 4.18. The van der Waals surface area contributed by atoms with Crippen molar-refractivity contribution in [2.75, 3.05) is 7.05 Å². The van der Waals surface area contributed by atoms with E-state index < -0.39 is 0 Å². The van der Waals surface area contributed by atoms with Crippen LogP contribution in [-0.2, 0) is 13.0 Å². The molecule has 0 aliphatic carbocycles. The summed E-state index contributed by atoms with van der Waals surface area (Å²) in [6.07, 6.45) is 1.03. The third-order valence-corrected chi connectivity index (χ3v) is 4.08. The van der Waals surface area contributed by atoms with E-state index >= 15 is 0 Å². The Bertz CT molecular complexity index is 539. The molecule has 0 aromatic heterocycles. The Morgan fingerprint density at radius 1 is 1.10 bits per heavy atom. The molecule has 0 radical (unpaired) electrons. The highest BCUT2D eigenvalue weighted by Gasteiger charge is 2.02. The van der Waals surface area contributed by atoms with Crippen molar-refractivity contribution in [1.82, 2.24) is 5.32 Å². The Balaban J connectivity index is 1.92. The fourth-order valence-corrected chi connectivity index (χ4v) is 2.35. The first-order chi connectivity index (χ1) is 9.69. The van der Waals surface area contributed by atoms with Gasteiger partial charge in [-0.15, -0.1) is 0 Å². The second-order valence-electron chi connectivity index (χ2n) is 4.92. The monoisotopic (exact) mass is 333 g/mol. The summed E-state index contributed by atoms with van der Waals surface area (Å²) in [5.41, 5.74) is 2.47. The molecule has 1 N–H and O–H groups in total. The third kappa shape index (κ3) is 4.36. The molecule has 2 aromatic rings. The molecule has 0 fully saturated rings. The number of hydrogen-bond acceptors (Lipinski definition) is 2. The zero-order valence-electron chi connectivity index (χ0n) is 11.9. The molecule has 0 aliphatic heterocycles. The smallest absolute Gasteiger partial charge is 0.119 e. The third-order valence-electron chi connectivity index (χ3n) is 3.31. The summed E-state index contributed by atoms with van der Waals surface area (Å²) in [5, 5.41) is 3.24. The zero-order valence-corrected chi connectivity index (χ0v) is 13.5. The molecule has 20 heavy (non-hydrogen) atoms. The number of halogens is 1. The van der Waals surface area contributed by atoms with Crippen molar-refractivity contribution >= 4 is 15.9 Å². The maximum atomic E-state index is 5.81. The van der Waals surface area contributed by atoms with Crippen LogP contribution in [0.5, 0.6) is 5.75 Å². The van der Waals surface area contributed by atoms with Gasteiger partial charge in [0.1, 0.15) is 12.4 Å². The molecule has 0 bridgehead atoms. The second-order valence-corrected chi connectivity index (χ2v) is 5.77. The predicted molar refractivity (Wildman–Crippen MR) is 87.1 cm³/mol. The highest BCUT2D eigenvalue weighted by Crippen LogP contribution is 2.19. The Morgan fingerprint density at radius 2 is 1.80 bits per heavy atom. The molecule has 2 nitrogen and oxygen atoms in total. The fourth-order valence-electron chi connectivity index (χ4n) is 1.95. The Hall–Kier alpha value is -1.32. The van der Waals surface area contributed by atoms with Crippen LogP contribution in [0.25, 0.3) is 0 Å². The average Bonchev–Trinajstić information content (AvgIpc) is 2.48. The van der Waals surface area contributed by atoms with E-state index in [4.69, 9.17) is 4.74 Å². The van der Waals surface area contributed by atoms with E-state index in [1.807, 2.05) is 37.4 Å². The summed E-state index contributed by atoms with van der Waals surface area (Å²) >= 11 is 3.53. The molecule has 0 spiro atoms. The van der Waals surface area contributed by atoms with Gasteiger partial charge in [-0.2, -0.15) is 0 Å². The number of nitrogens with one attached hydrogen (secondary N) is 1. The van der Waals surface area contributed by atoms with E-state index in [0.717, 1.165) is 22.2 Å². The van der Waals surface area contributed by atoms with Gasteiger partial charge < -0.3 is 10.1 Å². The highest BCUT2D eigenvalue weighted by atomic mass is 79.9. The number of hydrogen-bond donors (Lipinski definition) is 1. The maximum Gasteiger partial charge on any atom is 0.119 e. The molecule has 2 rings (SSSR count). The molecule has 0 heterocycles. The molecule has 2 aromatic carbocycles. The first-order valence-electron chi connectivity index (χ1n) is 6.81. The van der Waals surface area contributed by atoms with Gasteiger partial charge in [0.05, 0.1) is 0 Å². The van der Waals surface area contributed by atoms with Gasteiger partial charge in [-0.05, 0) is 44.2 Å². The van der Waals surface area contributed by atoms with Crippen LogP contribution in [0.3, 0.4) is 0 Å². The van der Waals surface area contributed by atoms with Crippen LogP contribution in [0.2, 0.25) is 0 Å². The van der Waals surface area contributed by atoms with Gasteiger partial charge in [0.25, 0.3) is 0 Å². The Morgan fingerprint density at radius 3 is 2.45 bits per heavy atom. The number of benzene rings is 2. The quantitative estimate of drug-likeness (QED) is 0.856. The summed E-state index contributed by atoms with van der Waals surface area (Å²) in [5.74, 6) is 0.904. The molecule has 0 saturated heterocycles. The Kier molecular flexibility index (Phi) is 5.62. The normalized spacial score (nSPS) is 12.2. The van der Waals surface area contributed by atoms with Crippen molar-refractivity contribution < 1.29 is 4.74 Å². The first-order valence-corrected chi connectivity index (χ1v) is 7.60. The molecule has 1 unspecified atom stereocenters. The van der Waals surface area contributed by atoms with E-state index in [-0.39, 0.29) is 0 Å². The van der Waals surface area contributed by atoms with Crippen molar-refractivity contribution in [3.63, 3.8) is 0 Å². The van der Waals surface area contributed by atoms with E-state index in [2.05, 4.69) is 46.4 Å². The number of likely N-dealkylation sites (N-methyl/N-ethyl adjacent to an activating group) is 1. The maximum absolute atomic E-state index is 5.81. The Labute approximate surface area is 129 Å².